The SMILES string of the molecule is CN(C)CCn1c(=O)[nH]c2cc(Br)c(Br)cc21. The average Bonchev–Trinajstić information content (AvgIpc) is 2.52. The number of benzene rings is 1. The summed E-state index contributed by atoms with van der Waals surface area (Å²) in [6.45, 7) is 1.51. The van der Waals surface area contributed by atoms with Crippen LogP contribution >= 0.6 is 31.9 Å². The molecule has 0 radical (unpaired) electrons. The average molecular weight is 363 g/mol. The van der Waals surface area contributed by atoms with Gasteiger partial charge in [-0.2, -0.15) is 0 Å². The van der Waals surface area contributed by atoms with Gasteiger partial charge in [-0.3, -0.25) is 4.57 Å². The lowest BCUT2D eigenvalue weighted by atomic mass is 10.3. The maximum Gasteiger partial charge on any atom is 0.326 e. The Bertz CT molecular complexity index is 601. The highest BCUT2D eigenvalue weighted by Gasteiger charge is 2.09. The molecule has 0 aliphatic carbocycles. The molecule has 0 fully saturated rings. The summed E-state index contributed by atoms with van der Waals surface area (Å²) in [5.41, 5.74) is 1.71. The molecule has 0 unspecified atom stereocenters. The van der Waals surface area contributed by atoms with Gasteiger partial charge in [-0.1, -0.05) is 0 Å². The molecule has 1 aromatic heterocycles. The maximum atomic E-state index is 11.8. The molecule has 0 amide bonds. The van der Waals surface area contributed by atoms with Crippen molar-refractivity contribution in [3.8, 4) is 0 Å². The van der Waals surface area contributed by atoms with E-state index in [1.165, 1.54) is 0 Å². The molecule has 0 saturated heterocycles. The number of nitrogens with zero attached hydrogens (tertiary/aromatic N) is 2. The van der Waals surface area contributed by atoms with Crippen molar-refractivity contribution in [1.82, 2.24) is 14.5 Å². The van der Waals surface area contributed by atoms with Crippen LogP contribution in [0.4, 0.5) is 0 Å². The molecule has 2 rings (SSSR count). The quantitative estimate of drug-likeness (QED) is 0.910. The Hall–Kier alpha value is -0.590. The van der Waals surface area contributed by atoms with E-state index in [1.54, 1.807) is 4.57 Å². The van der Waals surface area contributed by atoms with Gasteiger partial charge < -0.3 is 9.88 Å². The number of aromatic amines is 1. The topological polar surface area (TPSA) is 41.0 Å². The van der Waals surface area contributed by atoms with Crippen LogP contribution in [0.25, 0.3) is 11.0 Å². The number of hydrogen-bond donors (Lipinski definition) is 1. The lowest BCUT2D eigenvalue weighted by Crippen LogP contribution is -2.24. The van der Waals surface area contributed by atoms with E-state index < -0.39 is 0 Å². The number of hydrogen-bond acceptors (Lipinski definition) is 2. The van der Waals surface area contributed by atoms with E-state index in [0.29, 0.717) is 6.54 Å². The molecule has 1 heterocycles. The largest absolute Gasteiger partial charge is 0.326 e. The fourth-order valence-electron chi connectivity index (χ4n) is 1.67. The zero-order valence-corrected chi connectivity index (χ0v) is 12.8. The highest BCUT2D eigenvalue weighted by Crippen LogP contribution is 2.27. The number of rotatable bonds is 3. The van der Waals surface area contributed by atoms with E-state index in [9.17, 15) is 4.79 Å². The Balaban J connectivity index is 2.51. The minimum Gasteiger partial charge on any atom is -0.308 e. The molecule has 92 valence electrons. The van der Waals surface area contributed by atoms with E-state index in [1.807, 2.05) is 26.2 Å². The fraction of sp³-hybridized carbons (Fsp3) is 0.364. The van der Waals surface area contributed by atoms with Crippen molar-refractivity contribution < 1.29 is 0 Å². The third kappa shape index (κ3) is 2.64. The number of likely N-dealkylation sites (N-methyl/N-ethyl adjacent to an activating group) is 1. The van der Waals surface area contributed by atoms with Crippen molar-refractivity contribution in [3.05, 3.63) is 31.6 Å². The summed E-state index contributed by atoms with van der Waals surface area (Å²) >= 11 is 6.88. The van der Waals surface area contributed by atoms with Crippen molar-refractivity contribution in [2.75, 3.05) is 20.6 Å². The van der Waals surface area contributed by atoms with Gasteiger partial charge in [0.1, 0.15) is 0 Å². The number of halogens is 2. The van der Waals surface area contributed by atoms with Crippen LogP contribution in [0, 0.1) is 0 Å². The molecule has 0 aliphatic rings. The molecule has 0 saturated carbocycles. The molecule has 1 N–H and O–H groups in total. The smallest absolute Gasteiger partial charge is 0.308 e. The summed E-state index contributed by atoms with van der Waals surface area (Å²) in [5.74, 6) is 0. The minimum absolute atomic E-state index is 0.0631. The molecule has 6 heteroatoms. The third-order valence-electron chi connectivity index (χ3n) is 2.59. The molecule has 1 aromatic carbocycles. The van der Waals surface area contributed by atoms with Crippen LogP contribution in [0.15, 0.2) is 25.9 Å². The number of imidazole rings is 1. The first kappa shape index (κ1) is 12.9. The predicted molar refractivity (Wildman–Crippen MR) is 76.5 cm³/mol. The van der Waals surface area contributed by atoms with E-state index in [2.05, 4.69) is 41.7 Å². The van der Waals surface area contributed by atoms with Gasteiger partial charge in [0.05, 0.1) is 11.0 Å². The van der Waals surface area contributed by atoms with Crippen molar-refractivity contribution in [3.63, 3.8) is 0 Å². The van der Waals surface area contributed by atoms with Crippen molar-refractivity contribution >= 4 is 42.9 Å². The normalized spacial score (nSPS) is 11.6. The Labute approximate surface area is 116 Å². The summed E-state index contributed by atoms with van der Waals surface area (Å²) in [6, 6.07) is 3.86. The van der Waals surface area contributed by atoms with Crippen LogP contribution < -0.4 is 5.69 Å². The van der Waals surface area contributed by atoms with Crippen LogP contribution in [0.1, 0.15) is 0 Å². The van der Waals surface area contributed by atoms with Gasteiger partial charge in [0.2, 0.25) is 0 Å². The van der Waals surface area contributed by atoms with Gasteiger partial charge in [-0.15, -0.1) is 0 Å². The van der Waals surface area contributed by atoms with Crippen LogP contribution in [-0.4, -0.2) is 35.1 Å². The van der Waals surface area contributed by atoms with E-state index >= 15 is 0 Å². The second-order valence-corrected chi connectivity index (χ2v) is 5.88. The van der Waals surface area contributed by atoms with Gasteiger partial charge in [0.25, 0.3) is 0 Å². The summed E-state index contributed by atoms with van der Waals surface area (Å²) < 4.78 is 3.64. The van der Waals surface area contributed by atoms with Crippen molar-refractivity contribution in [2.45, 2.75) is 6.54 Å². The Kier molecular flexibility index (Phi) is 3.75. The molecular formula is C11H13Br2N3O. The number of fused-ring (bicyclic) bond motifs is 1. The first-order chi connectivity index (χ1) is 7.99. The third-order valence-corrected chi connectivity index (χ3v) is 4.43. The van der Waals surface area contributed by atoms with Crippen molar-refractivity contribution in [1.29, 1.82) is 0 Å². The number of aromatic nitrogens is 2. The lowest BCUT2D eigenvalue weighted by Gasteiger charge is -2.10. The molecule has 0 aliphatic heterocycles. The maximum absolute atomic E-state index is 11.8. The van der Waals surface area contributed by atoms with Gasteiger partial charge >= 0.3 is 5.69 Å². The van der Waals surface area contributed by atoms with Gasteiger partial charge in [-0.25, -0.2) is 4.79 Å². The zero-order chi connectivity index (χ0) is 12.6. The van der Waals surface area contributed by atoms with Crippen LogP contribution in [0.5, 0.6) is 0 Å². The van der Waals surface area contributed by atoms with E-state index in [-0.39, 0.29) is 5.69 Å². The van der Waals surface area contributed by atoms with Crippen molar-refractivity contribution in [2.24, 2.45) is 0 Å². The van der Waals surface area contributed by atoms with Crippen LogP contribution in [-0.2, 0) is 6.54 Å². The summed E-state index contributed by atoms with van der Waals surface area (Å²) in [6.07, 6.45) is 0. The molecule has 4 nitrogen and oxygen atoms in total. The second kappa shape index (κ2) is 4.96. The Morgan fingerprint density at radius 3 is 2.59 bits per heavy atom. The van der Waals surface area contributed by atoms with Crippen LogP contribution in [0.3, 0.4) is 0 Å². The standard InChI is InChI=1S/C11H13Br2N3O/c1-15(2)3-4-16-10-6-8(13)7(12)5-9(10)14-11(16)17/h5-6H,3-4H2,1-2H3,(H,14,17). The monoisotopic (exact) mass is 361 g/mol. The Morgan fingerprint density at radius 1 is 1.29 bits per heavy atom. The molecule has 17 heavy (non-hydrogen) atoms. The van der Waals surface area contributed by atoms with Crippen LogP contribution in [0.2, 0.25) is 0 Å². The summed E-state index contributed by atoms with van der Waals surface area (Å²) in [4.78, 5) is 16.7. The zero-order valence-electron chi connectivity index (χ0n) is 9.63. The minimum atomic E-state index is -0.0631. The first-order valence-corrected chi connectivity index (χ1v) is 6.80. The number of nitrogens with one attached hydrogen (secondary N) is 1. The molecule has 0 atom stereocenters. The molecular weight excluding hydrogens is 350 g/mol. The highest BCUT2D eigenvalue weighted by molar-refractivity contribution is 9.13. The lowest BCUT2D eigenvalue weighted by molar-refractivity contribution is 0.384. The Morgan fingerprint density at radius 2 is 1.94 bits per heavy atom. The first-order valence-electron chi connectivity index (χ1n) is 5.21. The molecule has 0 bridgehead atoms. The fourth-order valence-corrected chi connectivity index (χ4v) is 2.35. The summed E-state index contributed by atoms with van der Waals surface area (Å²) in [5, 5.41) is 0. The van der Waals surface area contributed by atoms with E-state index in [0.717, 1.165) is 26.5 Å². The van der Waals surface area contributed by atoms with Gasteiger partial charge in [0.15, 0.2) is 0 Å². The van der Waals surface area contributed by atoms with E-state index in [4.69, 9.17) is 0 Å². The predicted octanol–water partition coefficient (Wildman–Crippen LogP) is 2.42. The summed E-state index contributed by atoms with van der Waals surface area (Å²) in [7, 11) is 3.98. The van der Waals surface area contributed by atoms with Gasteiger partial charge in [-0.05, 0) is 58.1 Å². The number of H-pyrrole nitrogens is 1. The highest BCUT2D eigenvalue weighted by atomic mass is 79.9. The second-order valence-electron chi connectivity index (χ2n) is 4.17. The molecule has 2 aromatic rings. The molecule has 0 spiro atoms. The van der Waals surface area contributed by atoms with Gasteiger partial charge in [0, 0.05) is 22.0 Å².